The third-order valence-electron chi connectivity index (χ3n) is 3.95. The first-order chi connectivity index (χ1) is 10.7. The number of ether oxygens (including phenoxy) is 1. The molecule has 0 bridgehead atoms. The highest BCUT2D eigenvalue weighted by molar-refractivity contribution is 5.95. The number of nitrogens with one attached hydrogen (secondary N) is 1. The standard InChI is InChI=1S/C17H27N3O2/c1-2-3-8-19-17(21)14-6-7-16(15(18)13-14)22-12-11-20-9-4-5-10-20/h6-7,13H,2-5,8-12,18H2,1H3,(H,19,21). The van der Waals surface area contributed by atoms with E-state index in [4.69, 9.17) is 10.5 Å². The number of hydrogen-bond acceptors (Lipinski definition) is 4. The van der Waals surface area contributed by atoms with Crippen LogP contribution in [0.15, 0.2) is 18.2 Å². The van der Waals surface area contributed by atoms with Crippen LogP contribution in [0.25, 0.3) is 0 Å². The Morgan fingerprint density at radius 3 is 2.82 bits per heavy atom. The number of carbonyl (C=O) groups excluding carboxylic acids is 1. The highest BCUT2D eigenvalue weighted by Gasteiger charge is 2.12. The fourth-order valence-corrected chi connectivity index (χ4v) is 2.59. The molecule has 0 aliphatic carbocycles. The maximum absolute atomic E-state index is 12.0. The predicted octanol–water partition coefficient (Wildman–Crippen LogP) is 2.27. The number of hydrogen-bond donors (Lipinski definition) is 2. The van der Waals surface area contributed by atoms with Gasteiger partial charge in [-0.1, -0.05) is 13.3 Å². The van der Waals surface area contributed by atoms with Crippen molar-refractivity contribution in [1.29, 1.82) is 0 Å². The van der Waals surface area contributed by atoms with Crippen LogP contribution >= 0.6 is 0 Å². The molecule has 1 aliphatic heterocycles. The van der Waals surface area contributed by atoms with E-state index in [1.165, 1.54) is 12.8 Å². The molecule has 1 aromatic rings. The normalized spacial score (nSPS) is 15.0. The van der Waals surface area contributed by atoms with Crippen molar-refractivity contribution >= 4 is 11.6 Å². The number of benzene rings is 1. The fraction of sp³-hybridized carbons (Fsp3) is 0.588. The van der Waals surface area contributed by atoms with E-state index < -0.39 is 0 Å². The molecule has 0 aromatic heterocycles. The molecular formula is C17H27N3O2. The van der Waals surface area contributed by atoms with Gasteiger partial charge in [0.1, 0.15) is 12.4 Å². The zero-order valence-corrected chi connectivity index (χ0v) is 13.4. The third-order valence-corrected chi connectivity index (χ3v) is 3.95. The minimum Gasteiger partial charge on any atom is -0.490 e. The minimum atomic E-state index is -0.0798. The lowest BCUT2D eigenvalue weighted by molar-refractivity contribution is 0.0953. The maximum atomic E-state index is 12.0. The van der Waals surface area contributed by atoms with Gasteiger partial charge in [-0.2, -0.15) is 0 Å². The highest BCUT2D eigenvalue weighted by Crippen LogP contribution is 2.22. The molecule has 0 radical (unpaired) electrons. The van der Waals surface area contributed by atoms with Crippen LogP contribution in [0.1, 0.15) is 43.0 Å². The third kappa shape index (κ3) is 4.91. The summed E-state index contributed by atoms with van der Waals surface area (Å²) in [5.41, 5.74) is 7.09. The summed E-state index contributed by atoms with van der Waals surface area (Å²) >= 11 is 0. The van der Waals surface area contributed by atoms with Gasteiger partial charge in [-0.05, 0) is 50.6 Å². The first-order valence-electron chi connectivity index (χ1n) is 8.23. The van der Waals surface area contributed by atoms with Crippen molar-refractivity contribution in [1.82, 2.24) is 10.2 Å². The lowest BCUT2D eigenvalue weighted by Gasteiger charge is -2.16. The molecule has 3 N–H and O–H groups in total. The molecular weight excluding hydrogens is 278 g/mol. The number of nitrogen functional groups attached to an aromatic ring is 1. The average Bonchev–Trinajstić information content (AvgIpc) is 3.02. The average molecular weight is 305 g/mol. The van der Waals surface area contributed by atoms with Crippen LogP contribution in [0.2, 0.25) is 0 Å². The molecule has 1 saturated heterocycles. The predicted molar refractivity (Wildman–Crippen MR) is 89.3 cm³/mol. The Kier molecular flexibility index (Phi) is 6.52. The van der Waals surface area contributed by atoms with Crippen molar-refractivity contribution in [3.05, 3.63) is 23.8 Å². The van der Waals surface area contributed by atoms with Crippen LogP contribution in [-0.2, 0) is 0 Å². The first kappa shape index (κ1) is 16.6. The lowest BCUT2D eigenvalue weighted by atomic mass is 10.1. The van der Waals surface area contributed by atoms with Gasteiger partial charge < -0.3 is 15.8 Å². The van der Waals surface area contributed by atoms with E-state index in [1.807, 2.05) is 0 Å². The summed E-state index contributed by atoms with van der Waals surface area (Å²) in [4.78, 5) is 14.4. The van der Waals surface area contributed by atoms with Gasteiger partial charge in [0, 0.05) is 18.7 Å². The number of likely N-dealkylation sites (tertiary alicyclic amines) is 1. The van der Waals surface area contributed by atoms with Gasteiger partial charge in [0.2, 0.25) is 0 Å². The lowest BCUT2D eigenvalue weighted by Crippen LogP contribution is -2.25. The molecule has 1 fully saturated rings. The quantitative estimate of drug-likeness (QED) is 0.571. The summed E-state index contributed by atoms with van der Waals surface area (Å²) in [6, 6.07) is 5.24. The Morgan fingerprint density at radius 2 is 2.14 bits per heavy atom. The monoisotopic (exact) mass is 305 g/mol. The number of anilines is 1. The Balaban J connectivity index is 1.81. The van der Waals surface area contributed by atoms with Crippen LogP contribution in [0.5, 0.6) is 5.75 Å². The van der Waals surface area contributed by atoms with Gasteiger partial charge in [0.15, 0.2) is 0 Å². The molecule has 0 saturated carbocycles. The van der Waals surface area contributed by atoms with E-state index in [0.29, 0.717) is 30.2 Å². The second kappa shape index (κ2) is 8.63. The molecule has 0 unspecified atom stereocenters. The van der Waals surface area contributed by atoms with E-state index in [-0.39, 0.29) is 5.91 Å². The van der Waals surface area contributed by atoms with Crippen molar-refractivity contribution in [3.63, 3.8) is 0 Å². The number of nitrogens with zero attached hydrogens (tertiary/aromatic N) is 1. The van der Waals surface area contributed by atoms with Crippen LogP contribution in [-0.4, -0.2) is 43.6 Å². The topological polar surface area (TPSA) is 67.6 Å². The maximum Gasteiger partial charge on any atom is 0.251 e. The van der Waals surface area contributed by atoms with Crippen LogP contribution < -0.4 is 15.8 Å². The van der Waals surface area contributed by atoms with E-state index in [2.05, 4.69) is 17.1 Å². The molecule has 1 heterocycles. The summed E-state index contributed by atoms with van der Waals surface area (Å²) < 4.78 is 5.73. The molecule has 1 aliphatic rings. The minimum absolute atomic E-state index is 0.0798. The number of carbonyl (C=O) groups is 1. The van der Waals surface area contributed by atoms with Gasteiger partial charge in [-0.15, -0.1) is 0 Å². The molecule has 1 amide bonds. The molecule has 5 heteroatoms. The van der Waals surface area contributed by atoms with Crippen LogP contribution in [0.3, 0.4) is 0 Å². The molecule has 0 spiro atoms. The van der Waals surface area contributed by atoms with Gasteiger partial charge in [-0.3, -0.25) is 9.69 Å². The Morgan fingerprint density at radius 1 is 1.36 bits per heavy atom. The van der Waals surface area contributed by atoms with Gasteiger partial charge in [-0.25, -0.2) is 0 Å². The Bertz CT molecular complexity index is 485. The Hall–Kier alpha value is -1.75. The van der Waals surface area contributed by atoms with Gasteiger partial charge >= 0.3 is 0 Å². The Labute approximate surface area is 132 Å². The zero-order chi connectivity index (χ0) is 15.8. The van der Waals surface area contributed by atoms with Crippen molar-refractivity contribution in [2.45, 2.75) is 32.6 Å². The largest absolute Gasteiger partial charge is 0.490 e. The molecule has 5 nitrogen and oxygen atoms in total. The SMILES string of the molecule is CCCCNC(=O)c1ccc(OCCN2CCCC2)c(N)c1. The van der Waals surface area contributed by atoms with Crippen molar-refractivity contribution in [3.8, 4) is 5.75 Å². The molecule has 1 aromatic carbocycles. The van der Waals surface area contributed by atoms with Crippen LogP contribution in [0, 0.1) is 0 Å². The summed E-state index contributed by atoms with van der Waals surface area (Å²) in [7, 11) is 0. The second-order valence-corrected chi connectivity index (χ2v) is 5.76. The number of unbranched alkanes of at least 4 members (excludes halogenated alkanes) is 1. The second-order valence-electron chi connectivity index (χ2n) is 5.76. The van der Waals surface area contributed by atoms with Gasteiger partial charge in [0.05, 0.1) is 5.69 Å². The molecule has 122 valence electrons. The smallest absolute Gasteiger partial charge is 0.251 e. The van der Waals surface area contributed by atoms with Crippen molar-refractivity contribution < 1.29 is 9.53 Å². The van der Waals surface area contributed by atoms with E-state index in [9.17, 15) is 4.79 Å². The van der Waals surface area contributed by atoms with E-state index in [0.717, 1.165) is 32.5 Å². The van der Waals surface area contributed by atoms with E-state index >= 15 is 0 Å². The summed E-state index contributed by atoms with van der Waals surface area (Å²) in [5.74, 6) is 0.577. The number of amides is 1. The zero-order valence-electron chi connectivity index (χ0n) is 13.4. The molecule has 2 rings (SSSR count). The summed E-state index contributed by atoms with van der Waals surface area (Å²) in [5, 5.41) is 2.88. The summed E-state index contributed by atoms with van der Waals surface area (Å²) in [6.07, 6.45) is 4.61. The number of nitrogens with two attached hydrogens (primary N) is 1. The first-order valence-corrected chi connectivity index (χ1v) is 8.23. The van der Waals surface area contributed by atoms with Crippen molar-refractivity contribution in [2.75, 3.05) is 38.5 Å². The van der Waals surface area contributed by atoms with Crippen LogP contribution in [0.4, 0.5) is 5.69 Å². The van der Waals surface area contributed by atoms with Gasteiger partial charge in [0.25, 0.3) is 5.91 Å². The number of rotatable bonds is 8. The fourth-order valence-electron chi connectivity index (χ4n) is 2.59. The highest BCUT2D eigenvalue weighted by atomic mass is 16.5. The molecule has 0 atom stereocenters. The van der Waals surface area contributed by atoms with E-state index in [1.54, 1.807) is 18.2 Å². The van der Waals surface area contributed by atoms with Crippen molar-refractivity contribution in [2.24, 2.45) is 0 Å². The molecule has 22 heavy (non-hydrogen) atoms. The summed E-state index contributed by atoms with van der Waals surface area (Å²) in [6.45, 7) is 6.68.